The van der Waals surface area contributed by atoms with E-state index in [0.29, 0.717) is 13.0 Å². The number of hydrogen-bond acceptors (Lipinski definition) is 4. The molecule has 2 aromatic carbocycles. The van der Waals surface area contributed by atoms with Gasteiger partial charge in [-0.2, -0.15) is 0 Å². The van der Waals surface area contributed by atoms with Crippen LogP contribution in [0.1, 0.15) is 36.8 Å². The summed E-state index contributed by atoms with van der Waals surface area (Å²) in [6.07, 6.45) is 3.83. The molecule has 2 heterocycles. The van der Waals surface area contributed by atoms with Gasteiger partial charge in [0.1, 0.15) is 5.75 Å². The average molecular weight is 380 g/mol. The highest BCUT2D eigenvalue weighted by molar-refractivity contribution is 5.94. The molecule has 2 aliphatic heterocycles. The number of aryl methyl sites for hydroxylation is 1. The van der Waals surface area contributed by atoms with Crippen LogP contribution in [-0.4, -0.2) is 42.2 Å². The summed E-state index contributed by atoms with van der Waals surface area (Å²) in [6.45, 7) is 3.41. The van der Waals surface area contributed by atoms with Gasteiger partial charge in [-0.05, 0) is 42.9 Å². The second-order valence-corrected chi connectivity index (χ2v) is 7.81. The zero-order valence-corrected chi connectivity index (χ0v) is 16.2. The van der Waals surface area contributed by atoms with E-state index in [1.54, 1.807) is 0 Å². The van der Waals surface area contributed by atoms with Gasteiger partial charge < -0.3 is 20.1 Å². The van der Waals surface area contributed by atoms with E-state index in [4.69, 9.17) is 4.74 Å². The highest BCUT2D eigenvalue weighted by atomic mass is 16.5. The number of piperidine rings is 1. The largest absolute Gasteiger partial charge is 0.493 e. The first-order valence-electron chi connectivity index (χ1n) is 10.2. The van der Waals surface area contributed by atoms with E-state index in [-0.39, 0.29) is 5.91 Å². The van der Waals surface area contributed by atoms with E-state index < -0.39 is 5.60 Å². The second kappa shape index (κ2) is 8.33. The Morgan fingerprint density at radius 2 is 1.86 bits per heavy atom. The number of aliphatic hydroxyl groups is 1. The molecule has 0 bridgehead atoms. The van der Waals surface area contributed by atoms with Crippen LogP contribution in [0.5, 0.6) is 5.75 Å². The Labute approximate surface area is 166 Å². The SMILES string of the molecule is O=C1CCc2ccc(OCCCN3CCC(O)(c4ccccc4)CC3)cc2N1. The van der Waals surface area contributed by atoms with E-state index in [1.165, 1.54) is 5.56 Å². The van der Waals surface area contributed by atoms with Crippen molar-refractivity contribution in [3.63, 3.8) is 0 Å². The zero-order valence-electron chi connectivity index (χ0n) is 16.2. The minimum atomic E-state index is -0.693. The lowest BCUT2D eigenvalue weighted by Gasteiger charge is -2.38. The number of likely N-dealkylation sites (tertiary alicyclic amines) is 1. The standard InChI is InChI=1S/C23H28N2O3/c26-22-10-8-18-7-9-20(17-21(18)24-22)28-16-4-13-25-14-11-23(27,12-15-25)19-5-2-1-3-6-19/h1-3,5-7,9,17,27H,4,8,10-16H2,(H,24,26). The number of benzene rings is 2. The minimum Gasteiger partial charge on any atom is -0.493 e. The molecule has 0 spiro atoms. The van der Waals surface area contributed by atoms with Crippen molar-refractivity contribution in [2.75, 3.05) is 31.6 Å². The monoisotopic (exact) mass is 380 g/mol. The lowest BCUT2D eigenvalue weighted by Crippen LogP contribution is -2.43. The fourth-order valence-corrected chi connectivity index (χ4v) is 4.10. The summed E-state index contributed by atoms with van der Waals surface area (Å²) in [5.74, 6) is 0.878. The maximum absolute atomic E-state index is 11.5. The molecule has 5 nitrogen and oxygen atoms in total. The fraction of sp³-hybridized carbons (Fsp3) is 0.435. The van der Waals surface area contributed by atoms with Crippen LogP contribution in [0, 0.1) is 0 Å². The molecule has 2 aromatic rings. The van der Waals surface area contributed by atoms with Crippen molar-refractivity contribution < 1.29 is 14.6 Å². The Hall–Kier alpha value is -2.37. The summed E-state index contributed by atoms with van der Waals surface area (Å²) < 4.78 is 5.88. The first-order valence-corrected chi connectivity index (χ1v) is 10.2. The number of ether oxygens (including phenoxy) is 1. The van der Waals surface area contributed by atoms with Crippen LogP contribution in [0.2, 0.25) is 0 Å². The summed E-state index contributed by atoms with van der Waals surface area (Å²) >= 11 is 0. The maximum Gasteiger partial charge on any atom is 0.224 e. The molecule has 5 heteroatoms. The van der Waals surface area contributed by atoms with Crippen molar-refractivity contribution >= 4 is 11.6 Å². The molecule has 148 valence electrons. The number of carbonyl (C=O) groups is 1. The van der Waals surface area contributed by atoms with Crippen LogP contribution in [0.25, 0.3) is 0 Å². The topological polar surface area (TPSA) is 61.8 Å². The van der Waals surface area contributed by atoms with Gasteiger partial charge in [0.25, 0.3) is 0 Å². The van der Waals surface area contributed by atoms with Crippen molar-refractivity contribution in [2.24, 2.45) is 0 Å². The Kier molecular flexibility index (Phi) is 5.64. The van der Waals surface area contributed by atoms with Crippen molar-refractivity contribution in [3.8, 4) is 5.75 Å². The van der Waals surface area contributed by atoms with Crippen molar-refractivity contribution in [1.82, 2.24) is 4.90 Å². The van der Waals surface area contributed by atoms with Gasteiger partial charge >= 0.3 is 0 Å². The van der Waals surface area contributed by atoms with E-state index in [1.807, 2.05) is 48.5 Å². The Balaban J connectivity index is 1.21. The number of anilines is 1. The van der Waals surface area contributed by atoms with Gasteiger partial charge in [0.15, 0.2) is 0 Å². The Morgan fingerprint density at radius 1 is 1.07 bits per heavy atom. The van der Waals surface area contributed by atoms with E-state index in [0.717, 1.165) is 62.3 Å². The lowest BCUT2D eigenvalue weighted by molar-refractivity contribution is -0.116. The van der Waals surface area contributed by atoms with Crippen LogP contribution < -0.4 is 10.1 Å². The molecule has 1 saturated heterocycles. The van der Waals surface area contributed by atoms with E-state index in [9.17, 15) is 9.90 Å². The summed E-state index contributed by atoms with van der Waals surface area (Å²) in [5.41, 5.74) is 2.38. The van der Waals surface area contributed by atoms with Gasteiger partial charge in [-0.3, -0.25) is 4.79 Å². The Morgan fingerprint density at radius 3 is 2.64 bits per heavy atom. The quantitative estimate of drug-likeness (QED) is 0.755. The molecule has 0 atom stereocenters. The number of nitrogens with zero attached hydrogens (tertiary/aromatic N) is 1. The Bertz CT molecular complexity index is 814. The normalized spacial score (nSPS) is 19.0. The molecule has 1 amide bonds. The number of amides is 1. The van der Waals surface area contributed by atoms with Crippen LogP contribution in [0.3, 0.4) is 0 Å². The molecule has 0 aromatic heterocycles. The highest BCUT2D eigenvalue weighted by Crippen LogP contribution is 2.32. The van der Waals surface area contributed by atoms with Crippen molar-refractivity contribution in [1.29, 1.82) is 0 Å². The van der Waals surface area contributed by atoms with Gasteiger partial charge in [-0.1, -0.05) is 36.4 Å². The van der Waals surface area contributed by atoms with Crippen LogP contribution in [0.4, 0.5) is 5.69 Å². The van der Waals surface area contributed by atoms with Gasteiger partial charge in [-0.15, -0.1) is 0 Å². The van der Waals surface area contributed by atoms with Gasteiger partial charge in [0.05, 0.1) is 12.2 Å². The third-order valence-electron chi connectivity index (χ3n) is 5.86. The molecule has 0 radical (unpaired) electrons. The van der Waals surface area contributed by atoms with E-state index >= 15 is 0 Å². The first kappa shape index (κ1) is 19.0. The van der Waals surface area contributed by atoms with Gasteiger partial charge in [0, 0.05) is 37.8 Å². The molecular weight excluding hydrogens is 352 g/mol. The van der Waals surface area contributed by atoms with Crippen LogP contribution in [-0.2, 0) is 16.8 Å². The molecule has 28 heavy (non-hydrogen) atoms. The molecule has 0 aliphatic carbocycles. The zero-order chi connectivity index (χ0) is 19.4. The molecular formula is C23H28N2O3. The molecule has 0 saturated carbocycles. The molecule has 0 unspecified atom stereocenters. The highest BCUT2D eigenvalue weighted by Gasteiger charge is 2.33. The summed E-state index contributed by atoms with van der Waals surface area (Å²) in [5, 5.41) is 13.8. The van der Waals surface area contributed by atoms with E-state index in [2.05, 4.69) is 10.2 Å². The van der Waals surface area contributed by atoms with Crippen molar-refractivity contribution in [2.45, 2.75) is 37.7 Å². The molecule has 4 rings (SSSR count). The number of rotatable bonds is 6. The number of hydrogen-bond donors (Lipinski definition) is 2. The van der Waals surface area contributed by atoms with Crippen LogP contribution in [0.15, 0.2) is 48.5 Å². The number of fused-ring (bicyclic) bond motifs is 1. The smallest absolute Gasteiger partial charge is 0.224 e. The predicted molar refractivity (Wildman–Crippen MR) is 110 cm³/mol. The third kappa shape index (κ3) is 4.37. The predicted octanol–water partition coefficient (Wildman–Crippen LogP) is 3.32. The maximum atomic E-state index is 11.5. The molecule has 2 aliphatic rings. The first-order chi connectivity index (χ1) is 13.6. The lowest BCUT2D eigenvalue weighted by atomic mass is 9.84. The third-order valence-corrected chi connectivity index (χ3v) is 5.86. The summed E-state index contributed by atoms with van der Waals surface area (Å²) in [6, 6.07) is 15.9. The van der Waals surface area contributed by atoms with Gasteiger partial charge in [-0.25, -0.2) is 0 Å². The number of carbonyl (C=O) groups excluding carboxylic acids is 1. The fourth-order valence-electron chi connectivity index (χ4n) is 4.10. The van der Waals surface area contributed by atoms with Crippen molar-refractivity contribution in [3.05, 3.63) is 59.7 Å². The molecule has 1 fully saturated rings. The number of nitrogens with one attached hydrogen (secondary N) is 1. The average Bonchev–Trinajstić information content (AvgIpc) is 2.73. The second-order valence-electron chi connectivity index (χ2n) is 7.81. The van der Waals surface area contributed by atoms with Crippen LogP contribution >= 0.6 is 0 Å². The summed E-state index contributed by atoms with van der Waals surface area (Å²) in [4.78, 5) is 13.9. The molecule has 2 N–H and O–H groups in total. The minimum absolute atomic E-state index is 0.0743. The summed E-state index contributed by atoms with van der Waals surface area (Å²) in [7, 11) is 0. The van der Waals surface area contributed by atoms with Gasteiger partial charge in [0.2, 0.25) is 5.91 Å².